The van der Waals surface area contributed by atoms with Crippen LogP contribution in [-0.4, -0.2) is 50.2 Å². The molecule has 0 radical (unpaired) electrons. The van der Waals surface area contributed by atoms with Crippen molar-refractivity contribution in [2.75, 3.05) is 25.1 Å². The van der Waals surface area contributed by atoms with Crippen LogP contribution in [0.3, 0.4) is 0 Å². The molecule has 0 bridgehead atoms. The molecule has 0 unspecified atom stereocenters. The van der Waals surface area contributed by atoms with Crippen LogP contribution in [0.5, 0.6) is 0 Å². The third-order valence-electron chi connectivity index (χ3n) is 4.83. The van der Waals surface area contributed by atoms with E-state index in [0.29, 0.717) is 12.5 Å². The first-order valence-electron chi connectivity index (χ1n) is 9.35. The lowest BCUT2D eigenvalue weighted by Gasteiger charge is -2.18. The predicted molar refractivity (Wildman–Crippen MR) is 96.1 cm³/mol. The lowest BCUT2D eigenvalue weighted by Crippen LogP contribution is -2.42. The lowest BCUT2D eigenvalue weighted by molar-refractivity contribution is -0.137. The van der Waals surface area contributed by atoms with E-state index in [1.807, 2.05) is 0 Å². The summed E-state index contributed by atoms with van der Waals surface area (Å²) in [6, 6.07) is 4.41. The van der Waals surface area contributed by atoms with Gasteiger partial charge in [-0.05, 0) is 37.1 Å². The smallest absolute Gasteiger partial charge is 0.416 e. The Morgan fingerprint density at radius 1 is 1.25 bits per heavy atom. The molecule has 2 aliphatic heterocycles. The minimum absolute atomic E-state index is 0.0101. The molecule has 0 saturated carbocycles. The molecule has 2 N–H and O–H groups in total. The van der Waals surface area contributed by atoms with Gasteiger partial charge in [-0.3, -0.25) is 5.32 Å². The molecular weight excluding hydrogens is 377 g/mol. The summed E-state index contributed by atoms with van der Waals surface area (Å²) >= 11 is 0. The van der Waals surface area contributed by atoms with Crippen LogP contribution < -0.4 is 10.6 Å². The maximum atomic E-state index is 12.8. The number of amides is 1. The molecule has 3 rings (SSSR count). The van der Waals surface area contributed by atoms with Crippen molar-refractivity contribution in [3.05, 3.63) is 29.8 Å². The van der Waals surface area contributed by atoms with Crippen molar-refractivity contribution < 1.29 is 32.2 Å². The minimum atomic E-state index is -4.48. The number of halogens is 3. The second-order valence-corrected chi connectivity index (χ2v) is 7.49. The van der Waals surface area contributed by atoms with E-state index in [9.17, 15) is 18.0 Å². The average molecular weight is 402 g/mol. The van der Waals surface area contributed by atoms with Gasteiger partial charge in [-0.15, -0.1) is 0 Å². The molecule has 0 spiro atoms. The van der Waals surface area contributed by atoms with Gasteiger partial charge < -0.3 is 19.5 Å². The summed E-state index contributed by atoms with van der Waals surface area (Å²) in [5, 5.41) is 5.74. The van der Waals surface area contributed by atoms with Crippen LogP contribution in [0.25, 0.3) is 0 Å². The summed E-state index contributed by atoms with van der Waals surface area (Å²) in [4.78, 5) is 12.1. The second-order valence-electron chi connectivity index (χ2n) is 7.49. The number of carbonyl (C=O) groups is 1. The van der Waals surface area contributed by atoms with E-state index in [-0.39, 0.29) is 30.5 Å². The number of rotatable bonds is 6. The number of fused-ring (bicyclic) bond motifs is 1. The van der Waals surface area contributed by atoms with E-state index in [4.69, 9.17) is 14.2 Å². The molecule has 9 heteroatoms. The van der Waals surface area contributed by atoms with Gasteiger partial charge in [0.1, 0.15) is 12.2 Å². The fourth-order valence-corrected chi connectivity index (χ4v) is 3.36. The van der Waals surface area contributed by atoms with Crippen molar-refractivity contribution in [3.8, 4) is 0 Å². The van der Waals surface area contributed by atoms with Crippen molar-refractivity contribution in [2.45, 2.75) is 50.8 Å². The highest BCUT2D eigenvalue weighted by molar-refractivity contribution is 5.84. The third kappa shape index (κ3) is 5.15. The van der Waals surface area contributed by atoms with Gasteiger partial charge in [-0.1, -0.05) is 19.9 Å². The molecule has 1 aromatic rings. The Balaban J connectivity index is 1.51. The van der Waals surface area contributed by atoms with E-state index < -0.39 is 23.9 Å². The molecule has 4 atom stereocenters. The van der Waals surface area contributed by atoms with Crippen LogP contribution in [0.15, 0.2) is 24.3 Å². The molecule has 2 fully saturated rings. The van der Waals surface area contributed by atoms with Crippen LogP contribution in [0.2, 0.25) is 0 Å². The maximum Gasteiger partial charge on any atom is 0.416 e. The Labute approximate surface area is 161 Å². The molecule has 1 amide bonds. The highest BCUT2D eigenvalue weighted by Gasteiger charge is 2.49. The highest BCUT2D eigenvalue weighted by atomic mass is 19.4. The Kier molecular flexibility index (Phi) is 6.47. The van der Waals surface area contributed by atoms with Crippen LogP contribution in [0, 0.1) is 5.92 Å². The largest absolute Gasteiger partial charge is 0.441 e. The summed E-state index contributed by atoms with van der Waals surface area (Å²) in [5.74, 6) is 0.589. The lowest BCUT2D eigenvalue weighted by atomic mass is 10.1. The maximum absolute atomic E-state index is 12.8. The molecule has 1 aromatic carbocycles. The van der Waals surface area contributed by atoms with Crippen molar-refractivity contribution in [3.63, 3.8) is 0 Å². The Hall–Kier alpha value is -1.84. The van der Waals surface area contributed by atoms with Gasteiger partial charge in [0.2, 0.25) is 0 Å². The second kappa shape index (κ2) is 8.67. The highest BCUT2D eigenvalue weighted by Crippen LogP contribution is 2.31. The van der Waals surface area contributed by atoms with E-state index in [1.165, 1.54) is 12.1 Å². The predicted octanol–water partition coefficient (Wildman–Crippen LogP) is 3.42. The summed E-state index contributed by atoms with van der Waals surface area (Å²) in [6.07, 6.45) is -5.49. The van der Waals surface area contributed by atoms with Gasteiger partial charge in [-0.2, -0.15) is 13.2 Å². The molecule has 0 aromatic heterocycles. The van der Waals surface area contributed by atoms with Gasteiger partial charge in [0.25, 0.3) is 0 Å². The van der Waals surface area contributed by atoms with E-state index in [1.54, 1.807) is 0 Å². The van der Waals surface area contributed by atoms with Gasteiger partial charge in [0.15, 0.2) is 6.10 Å². The zero-order chi connectivity index (χ0) is 20.3. The number of benzene rings is 1. The molecular formula is C19H25F3N2O4. The zero-order valence-corrected chi connectivity index (χ0v) is 15.8. The fourth-order valence-electron chi connectivity index (χ4n) is 3.36. The summed E-state index contributed by atoms with van der Waals surface area (Å²) in [5.41, 5.74) is -0.833. The van der Waals surface area contributed by atoms with Gasteiger partial charge >= 0.3 is 12.3 Å². The summed E-state index contributed by atoms with van der Waals surface area (Å²) < 4.78 is 55.1. The molecule has 6 nitrogen and oxygen atoms in total. The normalized spacial score (nSPS) is 27.1. The number of nitrogens with one attached hydrogen (secondary N) is 2. The van der Waals surface area contributed by atoms with Gasteiger partial charge in [0.05, 0.1) is 24.8 Å². The minimum Gasteiger partial charge on any atom is -0.441 e. The number of anilines is 1. The molecule has 156 valence electrons. The SMILES string of the molecule is CC(C)CCN[C@@H]1CO[C@@H]2[C@@H]1OC[C@H]2OC(=O)Nc1cccc(C(F)(F)F)c1. The number of hydrogen-bond acceptors (Lipinski definition) is 5. The van der Waals surface area contributed by atoms with Gasteiger partial charge in [0, 0.05) is 5.69 Å². The monoisotopic (exact) mass is 402 g/mol. The average Bonchev–Trinajstić information content (AvgIpc) is 3.18. The first kappa shape index (κ1) is 20.9. The Morgan fingerprint density at radius 2 is 2.00 bits per heavy atom. The van der Waals surface area contributed by atoms with E-state index in [2.05, 4.69) is 24.5 Å². The number of hydrogen-bond donors (Lipinski definition) is 2. The molecule has 0 aliphatic carbocycles. The molecule has 2 aliphatic rings. The van der Waals surface area contributed by atoms with E-state index in [0.717, 1.165) is 25.1 Å². The van der Waals surface area contributed by atoms with Crippen molar-refractivity contribution in [1.82, 2.24) is 5.32 Å². The first-order valence-corrected chi connectivity index (χ1v) is 9.35. The number of carbonyl (C=O) groups excluding carboxylic acids is 1. The number of alkyl halides is 3. The van der Waals surface area contributed by atoms with Crippen molar-refractivity contribution in [1.29, 1.82) is 0 Å². The Bertz CT molecular complexity index is 683. The topological polar surface area (TPSA) is 68.8 Å². The molecule has 2 saturated heterocycles. The van der Waals surface area contributed by atoms with E-state index >= 15 is 0 Å². The first-order chi connectivity index (χ1) is 13.2. The van der Waals surface area contributed by atoms with Crippen LogP contribution >= 0.6 is 0 Å². The number of ether oxygens (including phenoxy) is 3. The summed E-state index contributed by atoms with van der Waals surface area (Å²) in [6.45, 7) is 5.79. The standard InChI is InChI=1S/C19H25F3N2O4/c1-11(2)6-7-23-14-9-26-17-15(10-27-16(14)17)28-18(25)24-13-5-3-4-12(8-13)19(20,21)22/h3-5,8,11,14-17,23H,6-7,9-10H2,1-2H3,(H,24,25)/t14-,15-,16-,17+/m1/s1. The zero-order valence-electron chi connectivity index (χ0n) is 15.8. The van der Waals surface area contributed by atoms with Crippen LogP contribution in [-0.2, 0) is 20.4 Å². The quantitative estimate of drug-likeness (QED) is 0.763. The Morgan fingerprint density at radius 3 is 2.71 bits per heavy atom. The third-order valence-corrected chi connectivity index (χ3v) is 4.83. The van der Waals surface area contributed by atoms with Crippen molar-refractivity contribution >= 4 is 11.8 Å². The van der Waals surface area contributed by atoms with Crippen LogP contribution in [0.1, 0.15) is 25.8 Å². The fraction of sp³-hybridized carbons (Fsp3) is 0.632. The van der Waals surface area contributed by atoms with Gasteiger partial charge in [-0.25, -0.2) is 4.79 Å². The van der Waals surface area contributed by atoms with Crippen LogP contribution in [0.4, 0.5) is 23.7 Å². The molecule has 2 heterocycles. The van der Waals surface area contributed by atoms with Crippen molar-refractivity contribution in [2.24, 2.45) is 5.92 Å². The summed E-state index contributed by atoms with van der Waals surface area (Å²) in [7, 11) is 0. The molecule has 28 heavy (non-hydrogen) atoms.